The van der Waals surface area contributed by atoms with Crippen LogP contribution in [0.2, 0.25) is 0 Å². The van der Waals surface area contributed by atoms with E-state index in [2.05, 4.69) is 11.0 Å². The zero-order chi connectivity index (χ0) is 21.3. The Morgan fingerprint density at radius 2 is 2.00 bits per heavy atom. The van der Waals surface area contributed by atoms with Gasteiger partial charge in [-0.15, -0.1) is 0 Å². The highest BCUT2D eigenvalue weighted by molar-refractivity contribution is 5.99. The summed E-state index contributed by atoms with van der Waals surface area (Å²) < 4.78 is 17.4. The monoisotopic (exact) mass is 428 g/mol. The quantitative estimate of drug-likeness (QED) is 0.699. The Morgan fingerprint density at radius 3 is 2.77 bits per heavy atom. The fraction of sp³-hybridized carbons (Fsp3) is 0.696. The molecule has 2 N–H and O–H groups in total. The predicted molar refractivity (Wildman–Crippen MR) is 109 cm³/mol. The van der Waals surface area contributed by atoms with Crippen molar-refractivity contribution in [2.75, 3.05) is 38.8 Å². The van der Waals surface area contributed by atoms with Crippen LogP contribution in [0.3, 0.4) is 0 Å². The first-order chi connectivity index (χ1) is 14.9. The molecule has 5 heterocycles. The SMILES string of the molecule is COc1cc2c(cc1OC)[C@@]13CCN4C[C@@]5(O)C(O)CO[C@H]6CC(=O)N2C1[C@H]6[C@H]5CC43. The number of rotatable bonds is 2. The number of aliphatic hydroxyl groups is 2. The Bertz CT molecular complexity index is 1000. The molecule has 6 aliphatic rings. The molecule has 5 aliphatic heterocycles. The van der Waals surface area contributed by atoms with Crippen molar-refractivity contribution in [3.8, 4) is 11.5 Å². The molecule has 1 aromatic rings. The van der Waals surface area contributed by atoms with Gasteiger partial charge in [0.05, 0.1) is 45.1 Å². The van der Waals surface area contributed by atoms with Crippen molar-refractivity contribution < 1.29 is 29.2 Å². The summed E-state index contributed by atoms with van der Waals surface area (Å²) >= 11 is 0. The molecule has 1 aliphatic carbocycles. The molecule has 1 spiro atoms. The lowest BCUT2D eigenvalue weighted by atomic mass is 9.51. The summed E-state index contributed by atoms with van der Waals surface area (Å²) in [4.78, 5) is 17.8. The summed E-state index contributed by atoms with van der Waals surface area (Å²) in [6.45, 7) is 1.38. The number of carbonyl (C=O) groups excluding carboxylic acids is 1. The second kappa shape index (κ2) is 5.73. The average molecular weight is 428 g/mol. The maximum absolute atomic E-state index is 13.5. The first kappa shape index (κ1) is 18.7. The lowest BCUT2D eigenvalue weighted by molar-refractivity contribution is -0.184. The Morgan fingerprint density at radius 1 is 1.23 bits per heavy atom. The summed E-state index contributed by atoms with van der Waals surface area (Å²) in [5.41, 5.74) is 0.645. The smallest absolute Gasteiger partial charge is 0.229 e. The molecule has 8 heteroatoms. The number of hydrogen-bond donors (Lipinski definition) is 2. The van der Waals surface area contributed by atoms with E-state index in [0.29, 0.717) is 18.0 Å². The van der Waals surface area contributed by atoms with Crippen molar-refractivity contribution in [3.63, 3.8) is 0 Å². The van der Waals surface area contributed by atoms with Gasteiger partial charge < -0.3 is 29.3 Å². The summed E-state index contributed by atoms with van der Waals surface area (Å²) in [7, 11) is 3.26. The van der Waals surface area contributed by atoms with Crippen LogP contribution in [0.4, 0.5) is 5.69 Å². The molecule has 1 saturated carbocycles. The first-order valence-corrected chi connectivity index (χ1v) is 11.3. The molecule has 2 bridgehead atoms. The molecule has 166 valence electrons. The van der Waals surface area contributed by atoms with Crippen LogP contribution in [-0.2, 0) is 14.9 Å². The van der Waals surface area contributed by atoms with E-state index < -0.39 is 11.7 Å². The highest BCUT2D eigenvalue weighted by atomic mass is 16.5. The van der Waals surface area contributed by atoms with Gasteiger partial charge in [0.2, 0.25) is 5.91 Å². The van der Waals surface area contributed by atoms with Crippen LogP contribution in [0.15, 0.2) is 12.1 Å². The fourth-order valence-corrected chi connectivity index (χ4v) is 8.32. The standard InChI is InChI=1S/C23H28N2O6/c1-29-14-5-11-13(7-15(14)30-2)25-19(27)8-16-20-12-6-17-22(11,21(20)25)3-4-24(17)10-23(12,28)18(26)9-31-16/h5,7,12,16-18,20-21,26,28H,3-4,6,8-10H2,1-2H3/t12-,16+,17?,18?,20+,21?,22-,23+/m1/s1. The third-order valence-corrected chi connectivity index (χ3v) is 9.44. The number of aliphatic hydroxyl groups excluding tert-OH is 1. The Labute approximate surface area is 180 Å². The van der Waals surface area contributed by atoms with Crippen molar-refractivity contribution >= 4 is 11.6 Å². The zero-order valence-electron chi connectivity index (χ0n) is 17.8. The number of piperidine rings is 2. The van der Waals surface area contributed by atoms with Crippen LogP contribution in [0.5, 0.6) is 11.5 Å². The molecular weight excluding hydrogens is 400 g/mol. The van der Waals surface area contributed by atoms with Crippen molar-refractivity contribution in [1.82, 2.24) is 4.90 Å². The molecule has 3 unspecified atom stereocenters. The molecule has 1 aromatic carbocycles. The number of methoxy groups -OCH3 is 2. The van der Waals surface area contributed by atoms with Gasteiger partial charge in [-0.3, -0.25) is 9.69 Å². The molecule has 0 radical (unpaired) electrons. The van der Waals surface area contributed by atoms with E-state index in [1.807, 2.05) is 11.0 Å². The van der Waals surface area contributed by atoms with Gasteiger partial charge in [0.15, 0.2) is 11.5 Å². The second-order valence-electron chi connectivity index (χ2n) is 10.2. The molecule has 0 aromatic heterocycles. The molecule has 5 fully saturated rings. The molecule has 4 saturated heterocycles. The summed E-state index contributed by atoms with van der Waals surface area (Å²) in [5.74, 6) is 1.24. The minimum absolute atomic E-state index is 0.0132. The van der Waals surface area contributed by atoms with Crippen LogP contribution < -0.4 is 14.4 Å². The van der Waals surface area contributed by atoms with Crippen molar-refractivity contribution in [2.24, 2.45) is 11.8 Å². The Kier molecular flexibility index (Phi) is 3.45. The van der Waals surface area contributed by atoms with Crippen LogP contribution in [0.1, 0.15) is 24.8 Å². The van der Waals surface area contributed by atoms with Crippen LogP contribution >= 0.6 is 0 Å². The second-order valence-corrected chi connectivity index (χ2v) is 10.2. The van der Waals surface area contributed by atoms with E-state index in [4.69, 9.17) is 14.2 Å². The lowest BCUT2D eigenvalue weighted by Gasteiger charge is -2.61. The number of hydrogen-bond acceptors (Lipinski definition) is 7. The fourth-order valence-electron chi connectivity index (χ4n) is 8.32. The van der Waals surface area contributed by atoms with E-state index in [9.17, 15) is 15.0 Å². The number of carbonyl (C=O) groups is 1. The van der Waals surface area contributed by atoms with Crippen LogP contribution in [-0.4, -0.2) is 84.8 Å². The van der Waals surface area contributed by atoms with E-state index in [-0.39, 0.29) is 54.4 Å². The number of nitrogens with zero attached hydrogens (tertiary/aromatic N) is 2. The minimum Gasteiger partial charge on any atom is -0.493 e. The number of ether oxygens (including phenoxy) is 3. The van der Waals surface area contributed by atoms with Crippen molar-refractivity contribution in [1.29, 1.82) is 0 Å². The third kappa shape index (κ3) is 1.92. The maximum atomic E-state index is 13.5. The summed E-state index contributed by atoms with van der Waals surface area (Å²) in [5, 5.41) is 22.7. The summed E-state index contributed by atoms with van der Waals surface area (Å²) in [6.07, 6.45) is 0.787. The minimum atomic E-state index is -1.21. The van der Waals surface area contributed by atoms with Gasteiger partial charge in [0, 0.05) is 35.9 Å². The molecular formula is C23H28N2O6. The molecule has 8 nitrogen and oxygen atoms in total. The Hall–Kier alpha value is -1.87. The van der Waals surface area contributed by atoms with Gasteiger partial charge in [-0.1, -0.05) is 0 Å². The maximum Gasteiger partial charge on any atom is 0.229 e. The predicted octanol–water partition coefficient (Wildman–Crippen LogP) is 0.275. The van der Waals surface area contributed by atoms with E-state index in [0.717, 1.165) is 30.6 Å². The number of anilines is 1. The van der Waals surface area contributed by atoms with Gasteiger partial charge in [-0.2, -0.15) is 0 Å². The van der Waals surface area contributed by atoms with Crippen molar-refractivity contribution in [3.05, 3.63) is 17.7 Å². The van der Waals surface area contributed by atoms with Crippen LogP contribution in [0, 0.1) is 11.8 Å². The average Bonchev–Trinajstić information content (AvgIpc) is 3.26. The van der Waals surface area contributed by atoms with Crippen molar-refractivity contribution in [2.45, 2.75) is 54.6 Å². The molecule has 1 amide bonds. The van der Waals surface area contributed by atoms with Gasteiger partial charge in [0.25, 0.3) is 0 Å². The lowest BCUT2D eigenvalue weighted by Crippen LogP contribution is -2.74. The molecule has 8 atom stereocenters. The van der Waals surface area contributed by atoms with Gasteiger partial charge in [-0.05, 0) is 31.0 Å². The normalized spacial score (nSPS) is 46.6. The number of amides is 1. The highest BCUT2D eigenvalue weighted by Crippen LogP contribution is 2.67. The van der Waals surface area contributed by atoms with Crippen LogP contribution in [0.25, 0.3) is 0 Å². The highest BCUT2D eigenvalue weighted by Gasteiger charge is 2.75. The molecule has 7 rings (SSSR count). The van der Waals surface area contributed by atoms with Gasteiger partial charge >= 0.3 is 0 Å². The number of fused-ring (bicyclic) bond motifs is 2. The molecule has 31 heavy (non-hydrogen) atoms. The van der Waals surface area contributed by atoms with E-state index in [1.165, 1.54) is 0 Å². The van der Waals surface area contributed by atoms with Gasteiger partial charge in [-0.25, -0.2) is 0 Å². The largest absolute Gasteiger partial charge is 0.493 e. The zero-order valence-corrected chi connectivity index (χ0v) is 17.8. The van der Waals surface area contributed by atoms with E-state index in [1.54, 1.807) is 14.2 Å². The first-order valence-electron chi connectivity index (χ1n) is 11.3. The van der Waals surface area contributed by atoms with Gasteiger partial charge in [0.1, 0.15) is 11.7 Å². The van der Waals surface area contributed by atoms with E-state index >= 15 is 0 Å². The topological polar surface area (TPSA) is 91.7 Å². The summed E-state index contributed by atoms with van der Waals surface area (Å²) in [6, 6.07) is 4.16. The number of benzene rings is 1. The third-order valence-electron chi connectivity index (χ3n) is 9.44. The Balaban J connectivity index is 1.51.